The van der Waals surface area contributed by atoms with Crippen molar-refractivity contribution in [3.8, 4) is 5.75 Å². The summed E-state index contributed by atoms with van der Waals surface area (Å²) in [5.41, 5.74) is 1.01. The highest BCUT2D eigenvalue weighted by molar-refractivity contribution is 9.10. The van der Waals surface area contributed by atoms with Crippen molar-refractivity contribution in [2.45, 2.75) is 19.2 Å². The van der Waals surface area contributed by atoms with E-state index in [2.05, 4.69) is 37.5 Å². The van der Waals surface area contributed by atoms with Gasteiger partial charge in [-0.3, -0.25) is 0 Å². The topological polar surface area (TPSA) is 15.7 Å². The Labute approximate surface area is 137 Å². The number of nitrogens with zero attached hydrogens (tertiary/aromatic N) is 2. The van der Waals surface area contributed by atoms with Crippen LogP contribution >= 0.6 is 15.9 Å². The van der Waals surface area contributed by atoms with Crippen molar-refractivity contribution in [3.05, 3.63) is 28.2 Å². The minimum Gasteiger partial charge on any atom is -0.405 e. The predicted molar refractivity (Wildman–Crippen MR) is 83.1 cm³/mol. The maximum atomic E-state index is 12.2. The van der Waals surface area contributed by atoms with Crippen LogP contribution in [0.25, 0.3) is 0 Å². The minimum absolute atomic E-state index is 0.199. The fraction of sp³-hybridized carbons (Fsp3) is 0.600. The van der Waals surface area contributed by atoms with Gasteiger partial charge in [0.15, 0.2) is 0 Å². The summed E-state index contributed by atoms with van der Waals surface area (Å²) in [4.78, 5) is 4.74. The van der Waals surface area contributed by atoms with Crippen LogP contribution in [0.3, 0.4) is 0 Å². The van der Waals surface area contributed by atoms with E-state index in [1.54, 1.807) is 12.1 Å². The fourth-order valence-electron chi connectivity index (χ4n) is 2.49. The first-order chi connectivity index (χ1) is 10.3. The van der Waals surface area contributed by atoms with Gasteiger partial charge in [-0.1, -0.05) is 6.07 Å². The van der Waals surface area contributed by atoms with Crippen molar-refractivity contribution in [2.24, 2.45) is 0 Å². The quantitative estimate of drug-likeness (QED) is 0.776. The monoisotopic (exact) mass is 380 g/mol. The highest BCUT2D eigenvalue weighted by atomic mass is 79.9. The van der Waals surface area contributed by atoms with Gasteiger partial charge in [-0.2, -0.15) is 0 Å². The number of hydrogen-bond acceptors (Lipinski definition) is 3. The summed E-state index contributed by atoms with van der Waals surface area (Å²) in [6.07, 6.45) is -2.82. The van der Waals surface area contributed by atoms with Crippen LogP contribution in [-0.4, -0.2) is 55.9 Å². The lowest BCUT2D eigenvalue weighted by Crippen LogP contribution is -2.44. The maximum absolute atomic E-state index is 12.2. The molecule has 0 bridgehead atoms. The van der Waals surface area contributed by atoms with Gasteiger partial charge < -0.3 is 14.5 Å². The van der Waals surface area contributed by atoms with Crippen molar-refractivity contribution >= 4 is 15.9 Å². The van der Waals surface area contributed by atoms with E-state index in [1.807, 2.05) is 0 Å². The number of likely N-dealkylation sites (N-methyl/N-ethyl adjacent to an activating group) is 1. The zero-order valence-electron chi connectivity index (χ0n) is 12.5. The predicted octanol–water partition coefficient (Wildman–Crippen LogP) is 3.53. The summed E-state index contributed by atoms with van der Waals surface area (Å²) in [5, 5.41) is 0. The number of hydrogen-bond donors (Lipinski definition) is 0. The highest BCUT2D eigenvalue weighted by Crippen LogP contribution is 2.31. The van der Waals surface area contributed by atoms with Crippen molar-refractivity contribution in [1.29, 1.82) is 0 Å². The minimum atomic E-state index is -4.66. The smallest absolute Gasteiger partial charge is 0.405 e. The second-order valence-electron chi connectivity index (χ2n) is 5.56. The Kier molecular flexibility index (Phi) is 6.11. The third kappa shape index (κ3) is 5.78. The summed E-state index contributed by atoms with van der Waals surface area (Å²) in [7, 11) is 2.12. The van der Waals surface area contributed by atoms with Crippen molar-refractivity contribution in [3.63, 3.8) is 0 Å². The van der Waals surface area contributed by atoms with E-state index in [9.17, 15) is 13.2 Å². The highest BCUT2D eigenvalue weighted by Gasteiger charge is 2.31. The summed E-state index contributed by atoms with van der Waals surface area (Å²) in [6.45, 7) is 5.37. The van der Waals surface area contributed by atoms with Crippen molar-refractivity contribution < 1.29 is 17.9 Å². The van der Waals surface area contributed by atoms with Crippen LogP contribution in [0.2, 0.25) is 0 Å². The number of piperazine rings is 1. The Bertz CT molecular complexity index is 488. The molecule has 0 saturated carbocycles. The Morgan fingerprint density at radius 1 is 1.18 bits per heavy atom. The fourth-order valence-corrected chi connectivity index (χ4v) is 2.99. The van der Waals surface area contributed by atoms with E-state index in [0.717, 1.165) is 51.1 Å². The number of benzene rings is 1. The molecule has 0 spiro atoms. The standard InChI is InChI=1S/C15H20BrF3N2O/c1-20-7-9-21(10-8-20)6-2-3-12-4-5-14(13(16)11-12)22-15(17,18)19/h4-5,11H,2-3,6-10H2,1H3. The van der Waals surface area contributed by atoms with Gasteiger partial charge in [0.25, 0.3) is 0 Å². The molecule has 1 fully saturated rings. The summed E-state index contributed by atoms with van der Waals surface area (Å²) < 4.78 is 40.9. The molecule has 1 saturated heterocycles. The first-order valence-electron chi connectivity index (χ1n) is 7.28. The molecule has 1 aliphatic heterocycles. The Morgan fingerprint density at radius 3 is 2.45 bits per heavy atom. The zero-order chi connectivity index (χ0) is 16.2. The first-order valence-corrected chi connectivity index (χ1v) is 8.08. The molecule has 1 aromatic carbocycles. The average Bonchev–Trinajstić information content (AvgIpc) is 2.43. The molecule has 0 N–H and O–H groups in total. The molecule has 0 radical (unpaired) electrons. The molecule has 22 heavy (non-hydrogen) atoms. The molecule has 1 aliphatic rings. The Balaban J connectivity index is 1.80. The molecule has 1 aromatic rings. The average molecular weight is 381 g/mol. The van der Waals surface area contributed by atoms with Gasteiger partial charge in [0.1, 0.15) is 5.75 Å². The van der Waals surface area contributed by atoms with Gasteiger partial charge in [0, 0.05) is 26.2 Å². The first kappa shape index (κ1) is 17.6. The van der Waals surface area contributed by atoms with Crippen molar-refractivity contribution in [1.82, 2.24) is 9.80 Å². The van der Waals surface area contributed by atoms with Gasteiger partial charge >= 0.3 is 6.36 Å². The summed E-state index contributed by atoms with van der Waals surface area (Å²) in [5.74, 6) is -0.199. The molecule has 0 amide bonds. The maximum Gasteiger partial charge on any atom is 0.573 e. The summed E-state index contributed by atoms with van der Waals surface area (Å²) in [6, 6.07) is 4.75. The molecule has 7 heteroatoms. The van der Waals surface area contributed by atoms with Crippen LogP contribution in [0.15, 0.2) is 22.7 Å². The normalized spacial score (nSPS) is 17.7. The lowest BCUT2D eigenvalue weighted by atomic mass is 10.1. The van der Waals surface area contributed by atoms with Crippen LogP contribution in [0.1, 0.15) is 12.0 Å². The van der Waals surface area contributed by atoms with E-state index in [4.69, 9.17) is 0 Å². The summed E-state index contributed by atoms with van der Waals surface area (Å²) >= 11 is 3.13. The van der Waals surface area contributed by atoms with Crippen LogP contribution in [0.4, 0.5) is 13.2 Å². The van der Waals surface area contributed by atoms with Crippen molar-refractivity contribution in [2.75, 3.05) is 39.8 Å². The number of rotatable bonds is 5. The Hall–Kier alpha value is -0.790. The molecule has 3 nitrogen and oxygen atoms in total. The molecule has 0 aromatic heterocycles. The van der Waals surface area contributed by atoms with Gasteiger partial charge in [0.05, 0.1) is 4.47 Å². The molecule has 0 unspecified atom stereocenters. The van der Waals surface area contributed by atoms with Crippen LogP contribution in [0, 0.1) is 0 Å². The number of aryl methyl sites for hydroxylation is 1. The van der Waals surface area contributed by atoms with Crippen LogP contribution in [0.5, 0.6) is 5.75 Å². The second-order valence-corrected chi connectivity index (χ2v) is 6.42. The Morgan fingerprint density at radius 2 is 1.86 bits per heavy atom. The van der Waals surface area contributed by atoms with E-state index in [0.29, 0.717) is 4.47 Å². The molecule has 0 aliphatic carbocycles. The van der Waals surface area contributed by atoms with Gasteiger partial charge in [-0.25, -0.2) is 0 Å². The molecular formula is C15H20BrF3N2O. The lowest BCUT2D eigenvalue weighted by Gasteiger charge is -2.32. The van der Waals surface area contributed by atoms with E-state index in [1.165, 1.54) is 6.07 Å². The number of ether oxygens (including phenoxy) is 1. The van der Waals surface area contributed by atoms with Crippen LogP contribution in [-0.2, 0) is 6.42 Å². The zero-order valence-corrected chi connectivity index (χ0v) is 14.1. The van der Waals surface area contributed by atoms with E-state index < -0.39 is 6.36 Å². The third-order valence-electron chi connectivity index (χ3n) is 3.76. The molecule has 0 atom stereocenters. The van der Waals surface area contributed by atoms with E-state index >= 15 is 0 Å². The molecule has 2 rings (SSSR count). The van der Waals surface area contributed by atoms with E-state index in [-0.39, 0.29) is 5.75 Å². The van der Waals surface area contributed by atoms with Gasteiger partial charge in [-0.15, -0.1) is 13.2 Å². The third-order valence-corrected chi connectivity index (χ3v) is 4.38. The molecule has 1 heterocycles. The second kappa shape index (κ2) is 7.66. The van der Waals surface area contributed by atoms with Gasteiger partial charge in [-0.05, 0) is 60.1 Å². The van der Waals surface area contributed by atoms with Gasteiger partial charge in [0.2, 0.25) is 0 Å². The lowest BCUT2D eigenvalue weighted by molar-refractivity contribution is -0.274. The molecule has 124 valence electrons. The number of halogens is 4. The molecular weight excluding hydrogens is 361 g/mol. The SMILES string of the molecule is CN1CCN(CCCc2ccc(OC(F)(F)F)c(Br)c2)CC1. The largest absolute Gasteiger partial charge is 0.573 e. The number of alkyl halides is 3. The van der Waals surface area contributed by atoms with Crippen LogP contribution < -0.4 is 4.74 Å².